The summed E-state index contributed by atoms with van der Waals surface area (Å²) in [5.74, 6) is -0.0917. The van der Waals surface area contributed by atoms with Crippen LogP contribution in [0, 0.1) is 13.8 Å². The zero-order chi connectivity index (χ0) is 14.0. The lowest BCUT2D eigenvalue weighted by molar-refractivity contribution is -0.122. The lowest BCUT2D eigenvalue weighted by Crippen LogP contribution is -2.49. The number of aliphatic hydroxyl groups excluding tert-OH is 1. The highest BCUT2D eigenvalue weighted by atomic mass is 16.3. The van der Waals surface area contributed by atoms with Gasteiger partial charge in [-0.05, 0) is 50.5 Å². The minimum atomic E-state index is -0.501. The van der Waals surface area contributed by atoms with E-state index in [1.165, 1.54) is 11.1 Å². The quantitative estimate of drug-likeness (QED) is 0.846. The number of nitrogens with zero attached hydrogens (tertiary/aromatic N) is 1. The summed E-state index contributed by atoms with van der Waals surface area (Å²) in [4.78, 5) is 14.1. The zero-order valence-corrected chi connectivity index (χ0v) is 11.8. The van der Waals surface area contributed by atoms with Crippen LogP contribution in [0.2, 0.25) is 0 Å². The molecule has 0 aliphatic carbocycles. The maximum atomic E-state index is 12.0. The predicted molar refractivity (Wildman–Crippen MR) is 76.4 cm³/mol. The first-order valence-corrected chi connectivity index (χ1v) is 6.78. The molecule has 1 aliphatic heterocycles. The number of carbonyl (C=O) groups is 1. The summed E-state index contributed by atoms with van der Waals surface area (Å²) in [6.45, 7) is 6.70. The van der Waals surface area contributed by atoms with Gasteiger partial charge in [0.2, 0.25) is 5.91 Å². The van der Waals surface area contributed by atoms with Gasteiger partial charge in [0, 0.05) is 18.3 Å². The molecular formula is C15H22N2O2. The van der Waals surface area contributed by atoms with E-state index in [2.05, 4.69) is 30.4 Å². The van der Waals surface area contributed by atoms with Gasteiger partial charge in [-0.15, -0.1) is 0 Å². The third kappa shape index (κ3) is 2.89. The van der Waals surface area contributed by atoms with E-state index >= 15 is 0 Å². The minimum absolute atomic E-state index is 0.0917. The van der Waals surface area contributed by atoms with Crippen LogP contribution in [0.5, 0.6) is 0 Å². The number of amides is 1. The molecule has 1 aliphatic rings. The number of hydrogen-bond acceptors (Lipinski definition) is 3. The standard InChI is InChI=1S/C15H22N2O2/c1-10-6-11(2)8-13(7-10)17-12(3)4-5-16-15(19)14(17)9-18/h6-8,12,14,18H,4-5,9H2,1-3H3,(H,16,19). The van der Waals surface area contributed by atoms with Gasteiger partial charge in [-0.3, -0.25) is 4.79 Å². The molecule has 0 aromatic heterocycles. The molecule has 2 unspecified atom stereocenters. The van der Waals surface area contributed by atoms with Gasteiger partial charge in [0.25, 0.3) is 0 Å². The Balaban J connectivity index is 2.43. The molecule has 4 heteroatoms. The number of carbonyl (C=O) groups excluding carboxylic acids is 1. The third-order valence-electron chi connectivity index (χ3n) is 3.65. The Labute approximate surface area is 114 Å². The van der Waals surface area contributed by atoms with Crippen LogP contribution in [0.3, 0.4) is 0 Å². The molecule has 1 amide bonds. The smallest absolute Gasteiger partial charge is 0.245 e. The maximum absolute atomic E-state index is 12.0. The van der Waals surface area contributed by atoms with Gasteiger partial charge < -0.3 is 15.3 Å². The van der Waals surface area contributed by atoms with Crippen LogP contribution in [0.1, 0.15) is 24.5 Å². The monoisotopic (exact) mass is 262 g/mol. The molecule has 0 saturated carbocycles. The molecule has 1 saturated heterocycles. The van der Waals surface area contributed by atoms with Crippen molar-refractivity contribution in [3.63, 3.8) is 0 Å². The van der Waals surface area contributed by atoms with Crippen LogP contribution >= 0.6 is 0 Å². The van der Waals surface area contributed by atoms with Crippen LogP contribution in [0.25, 0.3) is 0 Å². The highest BCUT2D eigenvalue weighted by Crippen LogP contribution is 2.25. The topological polar surface area (TPSA) is 52.6 Å². The van der Waals surface area contributed by atoms with Crippen LogP contribution in [0.15, 0.2) is 18.2 Å². The van der Waals surface area contributed by atoms with Crippen molar-refractivity contribution in [2.24, 2.45) is 0 Å². The molecule has 2 atom stereocenters. The van der Waals surface area contributed by atoms with E-state index < -0.39 is 6.04 Å². The Morgan fingerprint density at radius 2 is 1.95 bits per heavy atom. The van der Waals surface area contributed by atoms with Crippen LogP contribution in [-0.2, 0) is 4.79 Å². The van der Waals surface area contributed by atoms with Crippen molar-refractivity contribution in [2.75, 3.05) is 18.1 Å². The van der Waals surface area contributed by atoms with Gasteiger partial charge in [-0.1, -0.05) is 6.07 Å². The Morgan fingerprint density at radius 1 is 1.32 bits per heavy atom. The second-order valence-corrected chi connectivity index (χ2v) is 5.38. The van der Waals surface area contributed by atoms with Gasteiger partial charge in [0.15, 0.2) is 0 Å². The van der Waals surface area contributed by atoms with Crippen LogP contribution in [-0.4, -0.2) is 36.2 Å². The summed E-state index contributed by atoms with van der Waals surface area (Å²) in [5.41, 5.74) is 3.35. The van der Waals surface area contributed by atoms with Crippen molar-refractivity contribution in [2.45, 2.75) is 39.3 Å². The van der Waals surface area contributed by atoms with E-state index in [0.29, 0.717) is 6.54 Å². The molecule has 1 fully saturated rings. The summed E-state index contributed by atoms with van der Waals surface area (Å²) in [7, 11) is 0. The molecule has 0 radical (unpaired) electrons. The van der Waals surface area contributed by atoms with Crippen molar-refractivity contribution >= 4 is 11.6 Å². The molecule has 4 nitrogen and oxygen atoms in total. The van der Waals surface area contributed by atoms with Gasteiger partial charge in [-0.25, -0.2) is 0 Å². The summed E-state index contributed by atoms with van der Waals surface area (Å²) in [6, 6.07) is 5.98. The number of hydrogen-bond donors (Lipinski definition) is 2. The lowest BCUT2D eigenvalue weighted by Gasteiger charge is -2.34. The summed E-state index contributed by atoms with van der Waals surface area (Å²) in [6.07, 6.45) is 0.884. The average Bonchev–Trinajstić information content (AvgIpc) is 2.46. The summed E-state index contributed by atoms with van der Waals surface area (Å²) in [5, 5.41) is 12.4. The number of benzene rings is 1. The van der Waals surface area contributed by atoms with E-state index in [4.69, 9.17) is 0 Å². The molecule has 1 aromatic carbocycles. The molecule has 1 aromatic rings. The number of aliphatic hydroxyl groups is 1. The lowest BCUT2D eigenvalue weighted by atomic mass is 10.1. The molecule has 104 valence electrons. The number of nitrogens with one attached hydrogen (secondary N) is 1. The molecule has 0 bridgehead atoms. The molecule has 1 heterocycles. The fourth-order valence-electron chi connectivity index (χ4n) is 2.80. The fourth-order valence-corrected chi connectivity index (χ4v) is 2.80. The third-order valence-corrected chi connectivity index (χ3v) is 3.65. The highest BCUT2D eigenvalue weighted by Gasteiger charge is 2.31. The molecule has 2 N–H and O–H groups in total. The number of rotatable bonds is 2. The predicted octanol–water partition coefficient (Wildman–Crippen LogP) is 1.38. The second-order valence-electron chi connectivity index (χ2n) is 5.38. The van der Waals surface area contributed by atoms with Gasteiger partial charge in [0.05, 0.1) is 6.61 Å². The summed E-state index contributed by atoms with van der Waals surface area (Å²) >= 11 is 0. The Hall–Kier alpha value is -1.55. The SMILES string of the molecule is Cc1cc(C)cc(N2C(C)CCNC(=O)C2CO)c1. The number of anilines is 1. The van der Waals surface area contributed by atoms with Crippen LogP contribution in [0.4, 0.5) is 5.69 Å². The average molecular weight is 262 g/mol. The van der Waals surface area contributed by atoms with Gasteiger partial charge in [-0.2, -0.15) is 0 Å². The largest absolute Gasteiger partial charge is 0.394 e. The molecule has 19 heavy (non-hydrogen) atoms. The van der Waals surface area contributed by atoms with E-state index in [1.807, 2.05) is 18.7 Å². The normalized spacial score (nSPS) is 24.0. The van der Waals surface area contributed by atoms with Crippen molar-refractivity contribution in [3.8, 4) is 0 Å². The molecular weight excluding hydrogens is 240 g/mol. The van der Waals surface area contributed by atoms with E-state index in [-0.39, 0.29) is 18.6 Å². The minimum Gasteiger partial charge on any atom is -0.394 e. The zero-order valence-electron chi connectivity index (χ0n) is 11.8. The molecule has 0 spiro atoms. The molecule has 2 rings (SSSR count). The van der Waals surface area contributed by atoms with E-state index in [1.54, 1.807) is 0 Å². The Bertz CT molecular complexity index is 453. The van der Waals surface area contributed by atoms with Crippen LogP contribution < -0.4 is 10.2 Å². The Morgan fingerprint density at radius 3 is 2.53 bits per heavy atom. The fraction of sp³-hybridized carbons (Fsp3) is 0.533. The summed E-state index contributed by atoms with van der Waals surface area (Å²) < 4.78 is 0. The first-order valence-electron chi connectivity index (χ1n) is 6.78. The van der Waals surface area contributed by atoms with E-state index in [0.717, 1.165) is 12.1 Å². The van der Waals surface area contributed by atoms with Crippen molar-refractivity contribution in [1.82, 2.24) is 5.32 Å². The first-order chi connectivity index (χ1) is 9.02. The van der Waals surface area contributed by atoms with Gasteiger partial charge >= 0.3 is 0 Å². The number of aryl methyl sites for hydroxylation is 2. The Kier molecular flexibility index (Phi) is 4.10. The highest BCUT2D eigenvalue weighted by molar-refractivity contribution is 5.86. The van der Waals surface area contributed by atoms with Crippen molar-refractivity contribution in [1.29, 1.82) is 0 Å². The second kappa shape index (κ2) is 5.61. The first kappa shape index (κ1) is 13.9. The van der Waals surface area contributed by atoms with E-state index in [9.17, 15) is 9.90 Å². The maximum Gasteiger partial charge on any atom is 0.245 e. The van der Waals surface area contributed by atoms with Gasteiger partial charge in [0.1, 0.15) is 6.04 Å². The van der Waals surface area contributed by atoms with Crippen molar-refractivity contribution < 1.29 is 9.90 Å². The van der Waals surface area contributed by atoms with Crippen molar-refractivity contribution in [3.05, 3.63) is 29.3 Å².